The lowest BCUT2D eigenvalue weighted by Crippen LogP contribution is -2.09. The molecule has 0 spiro atoms. The Labute approximate surface area is 134 Å². The zero-order valence-electron chi connectivity index (χ0n) is 12.2. The van der Waals surface area contributed by atoms with Crippen molar-refractivity contribution in [2.75, 3.05) is 17.3 Å². The maximum atomic E-state index is 5.46. The van der Waals surface area contributed by atoms with Crippen molar-refractivity contribution in [3.63, 3.8) is 0 Å². The summed E-state index contributed by atoms with van der Waals surface area (Å²) in [5.74, 6) is 6.02. The van der Waals surface area contributed by atoms with E-state index in [2.05, 4.69) is 32.7 Å². The molecule has 116 valence electrons. The molecule has 0 bridgehead atoms. The van der Waals surface area contributed by atoms with Crippen LogP contribution in [0.2, 0.25) is 0 Å². The summed E-state index contributed by atoms with van der Waals surface area (Å²) in [4.78, 5) is 8.37. The molecule has 22 heavy (non-hydrogen) atoms. The van der Waals surface area contributed by atoms with E-state index in [0.717, 1.165) is 29.7 Å². The second-order valence-electron chi connectivity index (χ2n) is 4.64. The highest BCUT2D eigenvalue weighted by atomic mass is 35.5. The number of benzene rings is 1. The van der Waals surface area contributed by atoms with Crippen molar-refractivity contribution in [2.24, 2.45) is 5.84 Å². The van der Waals surface area contributed by atoms with Crippen molar-refractivity contribution >= 4 is 34.9 Å². The number of nitrogens with two attached hydrogens (primary N) is 1. The number of nitrogens with zero attached hydrogens (tertiary/aromatic N) is 4. The third-order valence-corrected chi connectivity index (χ3v) is 3.17. The molecule has 3 rings (SSSR count). The molecule has 0 saturated heterocycles. The van der Waals surface area contributed by atoms with E-state index in [0.29, 0.717) is 11.5 Å². The number of hydrogen-bond donors (Lipinski definition) is 3. The van der Waals surface area contributed by atoms with Crippen molar-refractivity contribution in [3.05, 3.63) is 36.8 Å². The largest absolute Gasteiger partial charge is 0.385 e. The van der Waals surface area contributed by atoms with Gasteiger partial charge in [0.15, 0.2) is 11.5 Å². The summed E-state index contributed by atoms with van der Waals surface area (Å²) in [6, 6.07) is 8.05. The van der Waals surface area contributed by atoms with E-state index in [9.17, 15) is 0 Å². The normalized spacial score (nSPS) is 10.3. The van der Waals surface area contributed by atoms with Crippen LogP contribution in [0.5, 0.6) is 0 Å². The van der Waals surface area contributed by atoms with Crippen LogP contribution in [0.3, 0.4) is 0 Å². The highest BCUT2D eigenvalue weighted by Gasteiger charge is 2.10. The highest BCUT2D eigenvalue weighted by Crippen LogP contribution is 2.22. The average Bonchev–Trinajstić information content (AvgIpc) is 2.97. The minimum absolute atomic E-state index is 0. The van der Waals surface area contributed by atoms with Gasteiger partial charge < -0.3 is 10.7 Å². The molecule has 0 atom stereocenters. The number of rotatable bonds is 5. The molecule has 0 fully saturated rings. The third-order valence-electron chi connectivity index (χ3n) is 3.17. The van der Waals surface area contributed by atoms with Gasteiger partial charge in [-0.2, -0.15) is 5.10 Å². The van der Waals surface area contributed by atoms with Crippen LogP contribution in [0, 0.1) is 0 Å². The SMILES string of the molecule is CCCNc1cccc(-n2ncc3c(NN)ncnc32)c1.Cl. The summed E-state index contributed by atoms with van der Waals surface area (Å²) in [5.41, 5.74) is 5.27. The molecule has 2 aromatic heterocycles. The van der Waals surface area contributed by atoms with Crippen LogP contribution in [0.25, 0.3) is 16.7 Å². The Morgan fingerprint density at radius 2 is 2.14 bits per heavy atom. The quantitative estimate of drug-likeness (QED) is 0.493. The van der Waals surface area contributed by atoms with Crippen molar-refractivity contribution in [1.29, 1.82) is 0 Å². The molecule has 0 aliphatic heterocycles. The van der Waals surface area contributed by atoms with Crippen molar-refractivity contribution in [1.82, 2.24) is 19.7 Å². The molecule has 7 nitrogen and oxygen atoms in total. The second kappa shape index (κ2) is 7.06. The van der Waals surface area contributed by atoms with Crippen LogP contribution in [0.15, 0.2) is 36.8 Å². The van der Waals surface area contributed by atoms with Gasteiger partial charge in [-0.15, -0.1) is 12.4 Å². The van der Waals surface area contributed by atoms with Gasteiger partial charge in [0.25, 0.3) is 0 Å². The smallest absolute Gasteiger partial charge is 0.168 e. The number of anilines is 2. The summed E-state index contributed by atoms with van der Waals surface area (Å²) in [7, 11) is 0. The molecule has 0 unspecified atom stereocenters. The van der Waals surface area contributed by atoms with Gasteiger partial charge in [0, 0.05) is 12.2 Å². The highest BCUT2D eigenvalue weighted by molar-refractivity contribution is 5.87. The first-order chi connectivity index (χ1) is 10.3. The Hall–Kier alpha value is -2.38. The van der Waals surface area contributed by atoms with Crippen molar-refractivity contribution < 1.29 is 0 Å². The van der Waals surface area contributed by atoms with Crippen molar-refractivity contribution in [3.8, 4) is 5.69 Å². The van der Waals surface area contributed by atoms with Gasteiger partial charge >= 0.3 is 0 Å². The standard InChI is InChI=1S/C14H17N7.ClH/c1-2-6-16-10-4-3-5-11(7-10)21-14-12(8-19-21)13(20-15)17-9-18-14;/h3-5,7-9,16H,2,6,15H2,1H3,(H,17,18,20);1H. The van der Waals surface area contributed by atoms with Crippen LogP contribution in [-0.2, 0) is 0 Å². The predicted molar refractivity (Wildman–Crippen MR) is 90.5 cm³/mol. The molecule has 3 aromatic rings. The van der Waals surface area contributed by atoms with E-state index in [1.807, 2.05) is 24.3 Å². The number of fused-ring (bicyclic) bond motifs is 1. The van der Waals surface area contributed by atoms with E-state index < -0.39 is 0 Å². The van der Waals surface area contributed by atoms with Crippen LogP contribution in [-0.4, -0.2) is 26.3 Å². The summed E-state index contributed by atoms with van der Waals surface area (Å²) in [6.07, 6.45) is 4.25. The van der Waals surface area contributed by atoms with Crippen LogP contribution in [0.1, 0.15) is 13.3 Å². The topological polar surface area (TPSA) is 93.7 Å². The van der Waals surface area contributed by atoms with Gasteiger partial charge in [-0.1, -0.05) is 13.0 Å². The molecule has 1 aromatic carbocycles. The van der Waals surface area contributed by atoms with E-state index in [1.165, 1.54) is 6.33 Å². The Bertz CT molecular complexity index is 756. The Morgan fingerprint density at radius 3 is 2.91 bits per heavy atom. The minimum Gasteiger partial charge on any atom is -0.385 e. The van der Waals surface area contributed by atoms with E-state index in [4.69, 9.17) is 5.84 Å². The molecule has 4 N–H and O–H groups in total. The van der Waals surface area contributed by atoms with Gasteiger partial charge in [-0.05, 0) is 24.6 Å². The van der Waals surface area contributed by atoms with E-state index in [-0.39, 0.29) is 12.4 Å². The van der Waals surface area contributed by atoms with E-state index >= 15 is 0 Å². The molecular weight excluding hydrogens is 302 g/mol. The van der Waals surface area contributed by atoms with Gasteiger partial charge in [0.2, 0.25) is 0 Å². The predicted octanol–water partition coefficient (Wildman–Crippen LogP) is 2.34. The van der Waals surface area contributed by atoms with Gasteiger partial charge in [-0.3, -0.25) is 0 Å². The summed E-state index contributed by atoms with van der Waals surface area (Å²) in [6.45, 7) is 3.07. The first-order valence-electron chi connectivity index (χ1n) is 6.83. The van der Waals surface area contributed by atoms with Crippen molar-refractivity contribution in [2.45, 2.75) is 13.3 Å². The zero-order chi connectivity index (χ0) is 14.7. The maximum absolute atomic E-state index is 5.46. The number of hydrogen-bond acceptors (Lipinski definition) is 6. The molecule has 0 saturated carbocycles. The second-order valence-corrected chi connectivity index (χ2v) is 4.64. The van der Waals surface area contributed by atoms with Crippen LogP contribution < -0.4 is 16.6 Å². The molecule has 0 aliphatic carbocycles. The number of nitrogen functional groups attached to an aromatic ring is 1. The summed E-state index contributed by atoms with van der Waals surface area (Å²) in [5, 5.41) is 8.53. The summed E-state index contributed by atoms with van der Waals surface area (Å²) < 4.78 is 1.77. The Morgan fingerprint density at radius 1 is 1.27 bits per heavy atom. The molecule has 0 aliphatic rings. The molecule has 0 amide bonds. The van der Waals surface area contributed by atoms with Gasteiger partial charge in [-0.25, -0.2) is 20.5 Å². The lowest BCUT2D eigenvalue weighted by atomic mass is 10.2. The number of halogens is 1. The lowest BCUT2D eigenvalue weighted by molar-refractivity contribution is 0.894. The first kappa shape index (κ1) is 16.0. The first-order valence-corrected chi connectivity index (χ1v) is 6.83. The Kier molecular flexibility index (Phi) is 5.13. The zero-order valence-corrected chi connectivity index (χ0v) is 13.0. The molecular formula is C14H18ClN7. The summed E-state index contributed by atoms with van der Waals surface area (Å²) >= 11 is 0. The fourth-order valence-electron chi connectivity index (χ4n) is 2.17. The Balaban J connectivity index is 0.00000176. The van der Waals surface area contributed by atoms with Crippen LogP contribution >= 0.6 is 12.4 Å². The van der Waals surface area contributed by atoms with Gasteiger partial charge in [0.05, 0.1) is 17.3 Å². The molecule has 2 heterocycles. The van der Waals surface area contributed by atoms with Crippen LogP contribution in [0.4, 0.5) is 11.5 Å². The maximum Gasteiger partial charge on any atom is 0.168 e. The molecule has 0 radical (unpaired) electrons. The monoisotopic (exact) mass is 319 g/mol. The fourth-order valence-corrected chi connectivity index (χ4v) is 2.17. The average molecular weight is 320 g/mol. The number of aromatic nitrogens is 4. The fraction of sp³-hybridized carbons (Fsp3) is 0.214. The molecule has 8 heteroatoms. The third kappa shape index (κ3) is 2.95. The number of hydrazine groups is 1. The minimum atomic E-state index is 0. The van der Waals surface area contributed by atoms with E-state index in [1.54, 1.807) is 10.9 Å². The van der Waals surface area contributed by atoms with Gasteiger partial charge in [0.1, 0.15) is 6.33 Å². The lowest BCUT2D eigenvalue weighted by Gasteiger charge is -2.08. The number of nitrogens with one attached hydrogen (secondary N) is 2.